The van der Waals surface area contributed by atoms with Crippen LogP contribution in [0.5, 0.6) is 5.75 Å². The molecule has 0 fully saturated rings. The number of hydrogen-bond acceptors (Lipinski definition) is 5. The summed E-state index contributed by atoms with van der Waals surface area (Å²) in [6, 6.07) is 13.6. The number of rotatable bonds is 6. The van der Waals surface area contributed by atoms with Gasteiger partial charge in [-0.3, -0.25) is 9.59 Å². The first-order valence-electron chi connectivity index (χ1n) is 9.10. The Labute approximate surface area is 171 Å². The van der Waals surface area contributed by atoms with Gasteiger partial charge in [-0.2, -0.15) is 0 Å². The SMILES string of the molecule is O=C(CCN1C(=O)COc2ccccc21)Nc1ncc(Cc2ccc(F)cc2)s1. The lowest BCUT2D eigenvalue weighted by Crippen LogP contribution is -2.40. The smallest absolute Gasteiger partial charge is 0.265 e. The zero-order valence-corrected chi connectivity index (χ0v) is 16.2. The molecule has 4 rings (SSSR count). The van der Waals surface area contributed by atoms with Crippen LogP contribution in [0.3, 0.4) is 0 Å². The molecule has 29 heavy (non-hydrogen) atoms. The summed E-state index contributed by atoms with van der Waals surface area (Å²) in [6.07, 6.45) is 2.46. The summed E-state index contributed by atoms with van der Waals surface area (Å²) < 4.78 is 18.4. The van der Waals surface area contributed by atoms with E-state index in [4.69, 9.17) is 4.74 Å². The lowest BCUT2D eigenvalue weighted by molar-refractivity contribution is -0.121. The Kier molecular flexibility index (Phi) is 5.53. The molecule has 6 nitrogen and oxygen atoms in total. The third kappa shape index (κ3) is 4.60. The van der Waals surface area contributed by atoms with Crippen molar-refractivity contribution in [1.82, 2.24) is 4.98 Å². The van der Waals surface area contributed by atoms with Crippen molar-refractivity contribution in [3.8, 4) is 5.75 Å². The number of amides is 2. The molecule has 0 unspecified atom stereocenters. The quantitative estimate of drug-likeness (QED) is 0.672. The molecule has 0 bridgehead atoms. The van der Waals surface area contributed by atoms with Gasteiger partial charge in [0.1, 0.15) is 11.6 Å². The van der Waals surface area contributed by atoms with Crippen LogP contribution in [-0.4, -0.2) is 29.9 Å². The van der Waals surface area contributed by atoms with Crippen molar-refractivity contribution in [2.75, 3.05) is 23.4 Å². The second-order valence-electron chi connectivity index (χ2n) is 6.53. The Hall–Kier alpha value is -3.26. The van der Waals surface area contributed by atoms with Gasteiger partial charge in [-0.15, -0.1) is 11.3 Å². The lowest BCUT2D eigenvalue weighted by Gasteiger charge is -2.29. The zero-order valence-electron chi connectivity index (χ0n) is 15.4. The average Bonchev–Trinajstić information content (AvgIpc) is 3.15. The van der Waals surface area contributed by atoms with E-state index in [-0.39, 0.29) is 37.2 Å². The van der Waals surface area contributed by atoms with E-state index >= 15 is 0 Å². The summed E-state index contributed by atoms with van der Waals surface area (Å²) in [6.45, 7) is 0.233. The first-order chi connectivity index (χ1) is 14.1. The maximum absolute atomic E-state index is 13.0. The number of halogens is 1. The number of benzene rings is 2. The fraction of sp³-hybridized carbons (Fsp3) is 0.190. The maximum atomic E-state index is 13.0. The molecule has 0 saturated heterocycles. The first kappa shape index (κ1) is 19.1. The Morgan fingerprint density at radius 1 is 1.21 bits per heavy atom. The van der Waals surface area contributed by atoms with Crippen LogP contribution in [0.2, 0.25) is 0 Å². The van der Waals surface area contributed by atoms with E-state index in [0.717, 1.165) is 10.4 Å². The average molecular weight is 411 g/mol. The van der Waals surface area contributed by atoms with Gasteiger partial charge in [0, 0.05) is 30.5 Å². The number of nitrogens with one attached hydrogen (secondary N) is 1. The van der Waals surface area contributed by atoms with E-state index in [1.54, 1.807) is 35.4 Å². The third-order valence-corrected chi connectivity index (χ3v) is 5.38. The summed E-state index contributed by atoms with van der Waals surface area (Å²) in [4.78, 5) is 31.2. The molecule has 148 valence electrons. The molecule has 1 aliphatic rings. The molecule has 1 aromatic heterocycles. The summed E-state index contributed by atoms with van der Waals surface area (Å²) in [5, 5.41) is 3.28. The minimum absolute atomic E-state index is 0.0299. The number of aromatic nitrogens is 1. The molecule has 8 heteroatoms. The number of ether oxygens (including phenoxy) is 1. The van der Waals surface area contributed by atoms with E-state index in [0.29, 0.717) is 23.0 Å². The number of nitrogens with zero attached hydrogens (tertiary/aromatic N) is 2. The molecule has 2 heterocycles. The molecule has 0 aliphatic carbocycles. The highest BCUT2D eigenvalue weighted by Gasteiger charge is 2.25. The molecular formula is C21H18FN3O3S. The highest BCUT2D eigenvalue weighted by Crippen LogP contribution is 2.31. The van der Waals surface area contributed by atoms with Gasteiger partial charge >= 0.3 is 0 Å². The number of thiazole rings is 1. The first-order valence-corrected chi connectivity index (χ1v) is 9.91. The van der Waals surface area contributed by atoms with E-state index in [1.807, 2.05) is 12.1 Å². The van der Waals surface area contributed by atoms with Crippen LogP contribution in [0.1, 0.15) is 16.9 Å². The molecule has 3 aromatic rings. The molecule has 1 aliphatic heterocycles. The number of anilines is 2. The van der Waals surface area contributed by atoms with Crippen molar-refractivity contribution in [3.05, 3.63) is 71.0 Å². The van der Waals surface area contributed by atoms with E-state index in [9.17, 15) is 14.0 Å². The third-order valence-electron chi connectivity index (χ3n) is 4.46. The van der Waals surface area contributed by atoms with E-state index < -0.39 is 0 Å². The maximum Gasteiger partial charge on any atom is 0.265 e. The molecular weight excluding hydrogens is 393 g/mol. The molecule has 1 N–H and O–H groups in total. The Balaban J connectivity index is 1.33. The van der Waals surface area contributed by atoms with Gasteiger partial charge in [-0.25, -0.2) is 9.37 Å². The monoisotopic (exact) mass is 411 g/mol. The minimum Gasteiger partial charge on any atom is -0.482 e. The highest BCUT2D eigenvalue weighted by molar-refractivity contribution is 7.15. The standard InChI is InChI=1S/C21H18FN3O3S/c22-15-7-5-14(6-8-15)11-16-12-23-21(29-16)24-19(26)9-10-25-17-3-1-2-4-18(17)28-13-20(25)27/h1-8,12H,9-11,13H2,(H,23,24,26). The van der Waals surface area contributed by atoms with Crippen molar-refractivity contribution in [2.24, 2.45) is 0 Å². The topological polar surface area (TPSA) is 71.5 Å². The second-order valence-corrected chi connectivity index (χ2v) is 7.65. The molecule has 0 radical (unpaired) electrons. The van der Waals surface area contributed by atoms with Crippen molar-refractivity contribution in [1.29, 1.82) is 0 Å². The number of carbonyl (C=O) groups is 2. The second kappa shape index (κ2) is 8.40. The van der Waals surface area contributed by atoms with Crippen LogP contribution in [0.4, 0.5) is 15.2 Å². The molecule has 0 saturated carbocycles. The van der Waals surface area contributed by atoms with E-state index in [1.165, 1.54) is 23.5 Å². The number of fused-ring (bicyclic) bond motifs is 1. The normalized spacial score (nSPS) is 13.0. The van der Waals surface area contributed by atoms with Crippen LogP contribution >= 0.6 is 11.3 Å². The summed E-state index contributed by atoms with van der Waals surface area (Å²) in [5.74, 6) is -0.0259. The predicted octanol–water partition coefficient (Wildman–Crippen LogP) is 3.63. The van der Waals surface area contributed by atoms with E-state index in [2.05, 4.69) is 10.3 Å². The largest absolute Gasteiger partial charge is 0.482 e. The number of carbonyl (C=O) groups excluding carboxylic acids is 2. The number of hydrogen-bond donors (Lipinski definition) is 1. The van der Waals surface area contributed by atoms with Gasteiger partial charge in [-0.05, 0) is 29.8 Å². The fourth-order valence-electron chi connectivity index (χ4n) is 3.04. The van der Waals surface area contributed by atoms with Crippen molar-refractivity contribution in [3.63, 3.8) is 0 Å². The van der Waals surface area contributed by atoms with Crippen LogP contribution < -0.4 is 15.0 Å². The van der Waals surface area contributed by atoms with Crippen molar-refractivity contribution in [2.45, 2.75) is 12.8 Å². The van der Waals surface area contributed by atoms with Gasteiger partial charge in [-0.1, -0.05) is 24.3 Å². The minimum atomic E-state index is -0.271. The van der Waals surface area contributed by atoms with Gasteiger partial charge in [0.25, 0.3) is 5.91 Å². The van der Waals surface area contributed by atoms with Gasteiger partial charge in [0.2, 0.25) is 5.91 Å². The zero-order chi connectivity index (χ0) is 20.2. The highest BCUT2D eigenvalue weighted by atomic mass is 32.1. The lowest BCUT2D eigenvalue weighted by atomic mass is 10.1. The Morgan fingerprint density at radius 3 is 2.83 bits per heavy atom. The molecule has 2 aromatic carbocycles. The molecule has 0 spiro atoms. The van der Waals surface area contributed by atoms with Crippen LogP contribution in [0.25, 0.3) is 0 Å². The fourth-order valence-corrected chi connectivity index (χ4v) is 3.91. The summed E-state index contributed by atoms with van der Waals surface area (Å²) >= 11 is 1.37. The van der Waals surface area contributed by atoms with Crippen molar-refractivity contribution >= 4 is 34.0 Å². The summed E-state index contributed by atoms with van der Waals surface area (Å²) in [5.41, 5.74) is 1.64. The van der Waals surface area contributed by atoms with Crippen LogP contribution in [0, 0.1) is 5.82 Å². The van der Waals surface area contributed by atoms with Gasteiger partial charge in [0.15, 0.2) is 11.7 Å². The Bertz CT molecular complexity index is 1040. The van der Waals surface area contributed by atoms with Gasteiger partial charge in [0.05, 0.1) is 5.69 Å². The predicted molar refractivity (Wildman–Crippen MR) is 109 cm³/mol. The van der Waals surface area contributed by atoms with Gasteiger partial charge < -0.3 is 15.0 Å². The van der Waals surface area contributed by atoms with Crippen LogP contribution in [-0.2, 0) is 16.0 Å². The molecule has 0 atom stereocenters. The van der Waals surface area contributed by atoms with Crippen LogP contribution in [0.15, 0.2) is 54.7 Å². The molecule has 2 amide bonds. The Morgan fingerprint density at radius 2 is 2.00 bits per heavy atom. The van der Waals surface area contributed by atoms with Crippen molar-refractivity contribution < 1.29 is 18.7 Å². The number of para-hydroxylation sites is 2. The summed E-state index contributed by atoms with van der Waals surface area (Å²) in [7, 11) is 0.